The molecule has 8 saturated carbocycles. The van der Waals surface area contributed by atoms with Crippen LogP contribution in [0.15, 0.2) is 0 Å². The summed E-state index contributed by atoms with van der Waals surface area (Å²) in [6.07, 6.45) is 10.7. The minimum Gasteiger partial charge on any atom is -0.463 e. The second-order valence-corrected chi connectivity index (χ2v) is 14.0. The van der Waals surface area contributed by atoms with E-state index in [1.165, 1.54) is 0 Å². The lowest BCUT2D eigenvalue weighted by Crippen LogP contribution is -2.57. The third-order valence-corrected chi connectivity index (χ3v) is 11.4. The Morgan fingerprint density at radius 1 is 0.541 bits per heavy atom. The second-order valence-electron chi connectivity index (χ2n) is 14.0. The molecule has 0 aromatic heterocycles. The van der Waals surface area contributed by atoms with Crippen LogP contribution in [0.4, 0.5) is 0 Å². The van der Waals surface area contributed by atoms with Crippen LogP contribution in [-0.2, 0) is 33.4 Å². The predicted molar refractivity (Wildman–Crippen MR) is 133 cm³/mol. The van der Waals surface area contributed by atoms with E-state index < -0.39 is 10.8 Å². The average molecular weight is 515 g/mol. The van der Waals surface area contributed by atoms with Crippen LogP contribution in [0.3, 0.4) is 0 Å². The summed E-state index contributed by atoms with van der Waals surface area (Å²) in [6.45, 7) is 4.24. The molecule has 8 rings (SSSR count). The Labute approximate surface area is 219 Å². The van der Waals surface area contributed by atoms with Gasteiger partial charge in [0.2, 0.25) is 0 Å². The molecule has 0 N–H and O–H groups in total. The van der Waals surface area contributed by atoms with Crippen LogP contribution in [0.5, 0.6) is 0 Å². The SMILES string of the molecule is CC(=O)C12CC3CC(C1)CC(C(=O)OCCOCCOC(=O)[C@]14CC5CC(C[C@](C(C)=O)(C5)C1)C4)(C3)C2. The standard InChI is InChI=1S/C30H42O7/c1-19(31)27-9-21-7-22(10-27)14-29(13-21,17-27)25(33)36-5-3-35-4-6-37-26(34)30-15-23-8-24(16-30)12-28(11-23,18-30)20(2)32/h21-24H,3-18H2,1-2H3/t21?,22?,23?,24?,27-,28?,29+,30?. The van der Waals surface area contributed by atoms with E-state index in [0.717, 1.165) is 64.2 Å². The van der Waals surface area contributed by atoms with E-state index in [1.807, 2.05) is 0 Å². The van der Waals surface area contributed by atoms with Crippen molar-refractivity contribution in [3.05, 3.63) is 0 Å². The molecule has 7 nitrogen and oxygen atoms in total. The number of carbonyl (C=O) groups excluding carboxylic acids is 4. The fourth-order valence-electron chi connectivity index (χ4n) is 10.6. The molecular formula is C30H42O7. The summed E-state index contributed by atoms with van der Waals surface area (Å²) in [5.74, 6) is 1.99. The molecule has 0 aliphatic heterocycles. The molecule has 0 aromatic rings. The molecule has 4 atom stereocenters. The van der Waals surface area contributed by atoms with Gasteiger partial charge in [0.05, 0.1) is 24.0 Å². The highest BCUT2D eigenvalue weighted by Gasteiger charge is 2.64. The number of carbonyl (C=O) groups is 4. The van der Waals surface area contributed by atoms with Gasteiger partial charge in [0.15, 0.2) is 0 Å². The number of Topliss-reactive ketones (excluding diaryl/α,β-unsaturated/α-hetero) is 2. The molecule has 37 heavy (non-hydrogen) atoms. The monoisotopic (exact) mass is 514 g/mol. The lowest BCUT2D eigenvalue weighted by molar-refractivity contribution is -0.184. The molecule has 0 heterocycles. The first-order valence-corrected chi connectivity index (χ1v) is 14.5. The van der Waals surface area contributed by atoms with Gasteiger partial charge in [-0.1, -0.05) is 0 Å². The van der Waals surface area contributed by atoms with Gasteiger partial charge in [0.25, 0.3) is 0 Å². The van der Waals surface area contributed by atoms with Crippen LogP contribution >= 0.6 is 0 Å². The zero-order valence-corrected chi connectivity index (χ0v) is 22.5. The van der Waals surface area contributed by atoms with E-state index in [4.69, 9.17) is 14.2 Å². The Balaban J connectivity index is 0.938. The zero-order chi connectivity index (χ0) is 26.1. The summed E-state index contributed by atoms with van der Waals surface area (Å²) in [4.78, 5) is 51.2. The third-order valence-electron chi connectivity index (χ3n) is 11.4. The quantitative estimate of drug-likeness (QED) is 0.314. The molecule has 8 fully saturated rings. The molecule has 4 unspecified atom stereocenters. The van der Waals surface area contributed by atoms with Crippen molar-refractivity contribution in [2.24, 2.45) is 45.3 Å². The van der Waals surface area contributed by atoms with Gasteiger partial charge >= 0.3 is 11.9 Å². The highest BCUT2D eigenvalue weighted by Crippen LogP contribution is 2.67. The average Bonchev–Trinajstić information content (AvgIpc) is 2.81. The molecule has 0 amide bonds. The number of hydrogen-bond acceptors (Lipinski definition) is 7. The number of hydrogen-bond donors (Lipinski definition) is 0. The lowest BCUT2D eigenvalue weighted by atomic mass is 9.43. The summed E-state index contributed by atoms with van der Waals surface area (Å²) in [6, 6.07) is 0. The van der Waals surface area contributed by atoms with Gasteiger partial charge in [-0.15, -0.1) is 0 Å². The molecule has 0 aromatic carbocycles. The fourth-order valence-corrected chi connectivity index (χ4v) is 10.6. The topological polar surface area (TPSA) is 96.0 Å². The van der Waals surface area contributed by atoms with Crippen molar-refractivity contribution in [2.75, 3.05) is 26.4 Å². The molecule has 0 spiro atoms. The minimum absolute atomic E-state index is 0.163. The van der Waals surface area contributed by atoms with E-state index in [1.54, 1.807) is 13.8 Å². The largest absolute Gasteiger partial charge is 0.463 e. The maximum Gasteiger partial charge on any atom is 0.312 e. The van der Waals surface area contributed by atoms with Crippen molar-refractivity contribution in [2.45, 2.75) is 90.9 Å². The van der Waals surface area contributed by atoms with Gasteiger partial charge in [-0.05, 0) is 115 Å². The van der Waals surface area contributed by atoms with Gasteiger partial charge in [-0.25, -0.2) is 0 Å². The maximum atomic E-state index is 13.1. The molecule has 0 radical (unpaired) electrons. The lowest BCUT2D eigenvalue weighted by Gasteiger charge is -2.59. The van der Waals surface area contributed by atoms with E-state index >= 15 is 0 Å². The number of ether oxygens (including phenoxy) is 3. The molecule has 7 heteroatoms. The molecule has 204 valence electrons. The minimum atomic E-state index is -0.500. The molecule has 8 bridgehead atoms. The first kappa shape index (κ1) is 25.5. The van der Waals surface area contributed by atoms with E-state index in [9.17, 15) is 19.2 Å². The molecular weight excluding hydrogens is 472 g/mol. The number of ketones is 2. The molecule has 8 aliphatic rings. The third kappa shape index (κ3) is 4.18. The number of esters is 2. The smallest absolute Gasteiger partial charge is 0.312 e. The van der Waals surface area contributed by atoms with Crippen LogP contribution in [0.2, 0.25) is 0 Å². The van der Waals surface area contributed by atoms with Crippen LogP contribution < -0.4 is 0 Å². The highest BCUT2D eigenvalue weighted by atomic mass is 16.6. The van der Waals surface area contributed by atoms with Gasteiger partial charge in [0, 0.05) is 10.8 Å². The highest BCUT2D eigenvalue weighted by molar-refractivity contribution is 5.87. The summed E-state index contributed by atoms with van der Waals surface area (Å²) in [5.41, 5.74) is -1.63. The van der Waals surface area contributed by atoms with Crippen molar-refractivity contribution < 1.29 is 33.4 Å². The van der Waals surface area contributed by atoms with Crippen LogP contribution in [0.25, 0.3) is 0 Å². The Morgan fingerprint density at radius 2 is 0.865 bits per heavy atom. The van der Waals surface area contributed by atoms with Crippen molar-refractivity contribution in [3.8, 4) is 0 Å². The zero-order valence-electron chi connectivity index (χ0n) is 22.5. The van der Waals surface area contributed by atoms with Crippen LogP contribution in [0, 0.1) is 45.3 Å². The first-order chi connectivity index (χ1) is 17.6. The van der Waals surface area contributed by atoms with Crippen molar-refractivity contribution in [1.82, 2.24) is 0 Å². The predicted octanol–water partition coefficient (Wildman–Crippen LogP) is 4.44. The van der Waals surface area contributed by atoms with Crippen molar-refractivity contribution >= 4 is 23.5 Å². The summed E-state index contributed by atoms with van der Waals surface area (Å²) in [5, 5.41) is 0. The normalized spacial score (nSPS) is 44.6. The maximum absolute atomic E-state index is 13.1. The van der Waals surface area contributed by atoms with Crippen LogP contribution in [0.1, 0.15) is 90.9 Å². The van der Waals surface area contributed by atoms with Gasteiger partial charge < -0.3 is 14.2 Å². The summed E-state index contributed by atoms with van der Waals surface area (Å²) < 4.78 is 17.0. The van der Waals surface area contributed by atoms with E-state index in [0.29, 0.717) is 36.5 Å². The molecule has 8 aliphatic carbocycles. The Kier molecular flexibility index (Phi) is 6.13. The Bertz CT molecular complexity index is 892. The fraction of sp³-hybridized carbons (Fsp3) is 0.867. The molecule has 0 saturated heterocycles. The van der Waals surface area contributed by atoms with E-state index in [-0.39, 0.29) is 60.8 Å². The number of rotatable bonds is 10. The van der Waals surface area contributed by atoms with Crippen LogP contribution in [-0.4, -0.2) is 49.9 Å². The second kappa shape index (κ2) is 8.89. The van der Waals surface area contributed by atoms with Gasteiger partial charge in [-0.3, -0.25) is 19.2 Å². The van der Waals surface area contributed by atoms with Crippen molar-refractivity contribution in [1.29, 1.82) is 0 Å². The van der Waals surface area contributed by atoms with E-state index in [2.05, 4.69) is 0 Å². The Morgan fingerprint density at radius 3 is 1.19 bits per heavy atom. The van der Waals surface area contributed by atoms with Gasteiger partial charge in [0.1, 0.15) is 24.8 Å². The Hall–Kier alpha value is -1.76. The van der Waals surface area contributed by atoms with Crippen molar-refractivity contribution in [3.63, 3.8) is 0 Å². The summed E-state index contributed by atoms with van der Waals surface area (Å²) in [7, 11) is 0. The first-order valence-electron chi connectivity index (χ1n) is 14.5. The summed E-state index contributed by atoms with van der Waals surface area (Å²) >= 11 is 0. The van der Waals surface area contributed by atoms with Gasteiger partial charge in [-0.2, -0.15) is 0 Å².